The van der Waals surface area contributed by atoms with Crippen molar-refractivity contribution < 1.29 is 4.42 Å². The summed E-state index contributed by atoms with van der Waals surface area (Å²) in [5.74, 6) is 0.529. The van der Waals surface area contributed by atoms with Crippen LogP contribution < -0.4 is 5.43 Å². The zero-order valence-electron chi connectivity index (χ0n) is 10.7. The molecule has 0 aliphatic carbocycles. The molecule has 0 saturated heterocycles. The number of hydrogen-bond acceptors (Lipinski definition) is 5. The summed E-state index contributed by atoms with van der Waals surface area (Å²) >= 11 is 3.36. The highest BCUT2D eigenvalue weighted by Crippen LogP contribution is 2.20. The molecule has 0 spiro atoms. The lowest BCUT2D eigenvalue weighted by atomic mass is 10.2. The average molecular weight is 331 g/mol. The molecule has 5 nitrogen and oxygen atoms in total. The van der Waals surface area contributed by atoms with Gasteiger partial charge in [0.1, 0.15) is 6.07 Å². The van der Waals surface area contributed by atoms with E-state index in [-0.39, 0.29) is 11.6 Å². The number of hydrazone groups is 1. The molecule has 0 atom stereocenters. The molecule has 0 aliphatic rings. The fourth-order valence-electron chi connectivity index (χ4n) is 1.37. The van der Waals surface area contributed by atoms with Gasteiger partial charge < -0.3 is 4.42 Å². The Hall–Kier alpha value is -2.39. The average Bonchev–Trinajstić information content (AvgIpc) is 2.84. The van der Waals surface area contributed by atoms with E-state index in [1.807, 2.05) is 30.3 Å². The molecule has 1 aromatic heterocycles. The van der Waals surface area contributed by atoms with Gasteiger partial charge in [-0.3, -0.25) is 0 Å². The van der Waals surface area contributed by atoms with Gasteiger partial charge in [0, 0.05) is 10.0 Å². The van der Waals surface area contributed by atoms with Crippen LogP contribution >= 0.6 is 15.9 Å². The maximum Gasteiger partial charge on any atom is 0.252 e. The smallest absolute Gasteiger partial charge is 0.252 e. The van der Waals surface area contributed by atoms with E-state index in [9.17, 15) is 0 Å². The van der Waals surface area contributed by atoms with Crippen LogP contribution in [0.4, 0.5) is 5.88 Å². The number of allylic oxidation sites excluding steroid dienone is 1. The van der Waals surface area contributed by atoms with Crippen LogP contribution in [0.25, 0.3) is 5.57 Å². The van der Waals surface area contributed by atoms with Gasteiger partial charge in [-0.15, -0.1) is 0 Å². The maximum absolute atomic E-state index is 8.96. The van der Waals surface area contributed by atoms with E-state index in [1.54, 1.807) is 13.1 Å². The first kappa shape index (κ1) is 14.0. The molecule has 1 heterocycles. The van der Waals surface area contributed by atoms with E-state index in [2.05, 4.69) is 38.0 Å². The summed E-state index contributed by atoms with van der Waals surface area (Å²) in [4.78, 5) is 4.00. The molecule has 1 N–H and O–H groups in total. The third-order valence-corrected chi connectivity index (χ3v) is 2.88. The van der Waals surface area contributed by atoms with Crippen molar-refractivity contribution in [3.8, 4) is 6.07 Å². The summed E-state index contributed by atoms with van der Waals surface area (Å²) in [5.41, 5.74) is 4.38. The SMILES string of the molecule is C=C(C)c1nc(C#N)c(N/N=C\c2ccc(Br)cc2)o1. The highest BCUT2D eigenvalue weighted by atomic mass is 79.9. The Labute approximate surface area is 124 Å². The Morgan fingerprint density at radius 2 is 2.20 bits per heavy atom. The molecule has 6 heteroatoms. The molecule has 2 aromatic rings. The maximum atomic E-state index is 8.96. The predicted octanol–water partition coefficient (Wildman–Crippen LogP) is 3.79. The molecular formula is C14H11BrN4O. The van der Waals surface area contributed by atoms with E-state index >= 15 is 0 Å². The molecule has 100 valence electrons. The topological polar surface area (TPSA) is 74.2 Å². The van der Waals surface area contributed by atoms with Crippen molar-refractivity contribution in [2.75, 3.05) is 5.43 Å². The second-order valence-corrected chi connectivity index (χ2v) is 4.93. The predicted molar refractivity (Wildman–Crippen MR) is 81.3 cm³/mol. The lowest BCUT2D eigenvalue weighted by Crippen LogP contribution is -1.91. The van der Waals surface area contributed by atoms with Crippen LogP contribution in [0, 0.1) is 11.3 Å². The molecule has 0 amide bonds. The number of aromatic nitrogens is 1. The minimum atomic E-state index is 0.149. The van der Waals surface area contributed by atoms with Crippen LogP contribution in [0.15, 0.2) is 44.8 Å². The molecule has 0 unspecified atom stereocenters. The van der Waals surface area contributed by atoms with Crippen molar-refractivity contribution in [3.63, 3.8) is 0 Å². The quantitative estimate of drug-likeness (QED) is 0.683. The lowest BCUT2D eigenvalue weighted by Gasteiger charge is -1.95. The van der Waals surface area contributed by atoms with Gasteiger partial charge in [-0.1, -0.05) is 34.6 Å². The van der Waals surface area contributed by atoms with E-state index < -0.39 is 0 Å². The number of nitrogens with zero attached hydrogens (tertiary/aromatic N) is 3. The van der Waals surface area contributed by atoms with E-state index in [4.69, 9.17) is 9.68 Å². The Morgan fingerprint density at radius 1 is 1.50 bits per heavy atom. The van der Waals surface area contributed by atoms with Gasteiger partial charge >= 0.3 is 0 Å². The number of benzene rings is 1. The molecule has 0 saturated carbocycles. The molecule has 1 aromatic carbocycles. The Morgan fingerprint density at radius 3 is 2.80 bits per heavy atom. The van der Waals surface area contributed by atoms with Crippen molar-refractivity contribution in [3.05, 3.63) is 52.5 Å². The number of nitriles is 1. The van der Waals surface area contributed by atoms with Gasteiger partial charge in [0.25, 0.3) is 5.88 Å². The van der Waals surface area contributed by atoms with Gasteiger partial charge in [-0.25, -0.2) is 5.43 Å². The highest BCUT2D eigenvalue weighted by Gasteiger charge is 2.12. The molecular weight excluding hydrogens is 320 g/mol. The van der Waals surface area contributed by atoms with Crippen molar-refractivity contribution in [2.24, 2.45) is 5.10 Å². The van der Waals surface area contributed by atoms with Gasteiger partial charge in [0.2, 0.25) is 11.6 Å². The first-order valence-electron chi connectivity index (χ1n) is 5.71. The monoisotopic (exact) mass is 330 g/mol. The summed E-state index contributed by atoms with van der Waals surface area (Å²) in [6.07, 6.45) is 1.62. The highest BCUT2D eigenvalue weighted by molar-refractivity contribution is 9.10. The molecule has 0 bridgehead atoms. The van der Waals surface area contributed by atoms with Gasteiger partial charge in [-0.05, 0) is 24.6 Å². The number of anilines is 1. The van der Waals surface area contributed by atoms with Gasteiger partial charge in [-0.2, -0.15) is 15.3 Å². The van der Waals surface area contributed by atoms with Crippen molar-refractivity contribution >= 4 is 33.6 Å². The molecule has 0 fully saturated rings. The Balaban J connectivity index is 2.12. The van der Waals surface area contributed by atoms with Crippen LogP contribution in [-0.2, 0) is 0 Å². The summed E-state index contributed by atoms with van der Waals surface area (Å²) in [6.45, 7) is 5.47. The number of rotatable bonds is 4. The van der Waals surface area contributed by atoms with Crippen LogP contribution in [0.3, 0.4) is 0 Å². The standard InChI is InChI=1S/C14H11BrN4O/c1-9(2)13-18-12(7-16)14(20-13)19-17-8-10-3-5-11(15)6-4-10/h3-6,8,19H,1H2,2H3/b17-8-. The van der Waals surface area contributed by atoms with Gasteiger partial charge in [0.05, 0.1) is 6.21 Å². The molecule has 0 aliphatic heterocycles. The lowest BCUT2D eigenvalue weighted by molar-refractivity contribution is 0.554. The third-order valence-electron chi connectivity index (χ3n) is 2.35. The first-order chi connectivity index (χ1) is 9.60. The number of halogens is 1. The fraction of sp³-hybridized carbons (Fsp3) is 0.0714. The number of hydrogen-bond donors (Lipinski definition) is 1. The van der Waals surface area contributed by atoms with Crippen LogP contribution in [0.5, 0.6) is 0 Å². The number of oxazole rings is 1. The largest absolute Gasteiger partial charge is 0.418 e. The second kappa shape index (κ2) is 6.17. The Bertz CT molecular complexity index is 695. The third kappa shape index (κ3) is 3.33. The zero-order valence-corrected chi connectivity index (χ0v) is 12.3. The van der Waals surface area contributed by atoms with Crippen molar-refractivity contribution in [1.29, 1.82) is 5.26 Å². The summed E-state index contributed by atoms with van der Waals surface area (Å²) in [6, 6.07) is 9.57. The van der Waals surface area contributed by atoms with Crippen molar-refractivity contribution in [2.45, 2.75) is 6.92 Å². The van der Waals surface area contributed by atoms with Crippen molar-refractivity contribution in [1.82, 2.24) is 4.98 Å². The van der Waals surface area contributed by atoms with Crippen LogP contribution in [-0.4, -0.2) is 11.2 Å². The van der Waals surface area contributed by atoms with E-state index in [0.29, 0.717) is 11.5 Å². The minimum Gasteiger partial charge on any atom is -0.418 e. The summed E-state index contributed by atoms with van der Waals surface area (Å²) in [7, 11) is 0. The summed E-state index contributed by atoms with van der Waals surface area (Å²) in [5, 5.41) is 13.0. The summed E-state index contributed by atoms with van der Waals surface area (Å²) < 4.78 is 6.35. The van der Waals surface area contributed by atoms with Crippen LogP contribution in [0.2, 0.25) is 0 Å². The van der Waals surface area contributed by atoms with E-state index in [0.717, 1.165) is 10.0 Å². The van der Waals surface area contributed by atoms with Gasteiger partial charge in [0.15, 0.2) is 0 Å². The fourth-order valence-corrected chi connectivity index (χ4v) is 1.63. The molecule has 2 rings (SSSR count). The van der Waals surface area contributed by atoms with E-state index in [1.165, 1.54) is 0 Å². The molecule has 0 radical (unpaired) electrons. The van der Waals surface area contributed by atoms with Crippen LogP contribution in [0.1, 0.15) is 24.1 Å². The second-order valence-electron chi connectivity index (χ2n) is 4.01. The number of nitrogens with one attached hydrogen (secondary N) is 1. The Kier molecular flexibility index (Phi) is 4.33. The first-order valence-corrected chi connectivity index (χ1v) is 6.51. The normalized spacial score (nSPS) is 10.4. The minimum absolute atomic E-state index is 0.149. The molecule has 20 heavy (non-hydrogen) atoms. The zero-order chi connectivity index (χ0) is 14.5.